The highest BCUT2D eigenvalue weighted by Crippen LogP contribution is 2.51. The first-order valence-electron chi connectivity index (χ1n) is 9.32. The van der Waals surface area contributed by atoms with Gasteiger partial charge >= 0.3 is 0 Å². The van der Waals surface area contributed by atoms with Gasteiger partial charge in [-0.05, 0) is 32.6 Å². The number of rotatable bonds is 3. The molecule has 0 aromatic rings. The number of guanidine groups is 1. The lowest BCUT2D eigenvalue weighted by Crippen LogP contribution is -2.71. The van der Waals surface area contributed by atoms with Crippen molar-refractivity contribution < 1.29 is 4.74 Å². The van der Waals surface area contributed by atoms with E-state index in [0.29, 0.717) is 24.1 Å². The molecular weight excluding hydrogens is 274 g/mol. The summed E-state index contributed by atoms with van der Waals surface area (Å²) in [4.78, 5) is 4.70. The summed E-state index contributed by atoms with van der Waals surface area (Å²) >= 11 is 0. The molecule has 4 nitrogen and oxygen atoms in total. The van der Waals surface area contributed by atoms with Gasteiger partial charge in [-0.25, -0.2) is 0 Å². The SMILES string of the molecule is CCN=C(NC1CCCCC1)NC1C2CCCOC2C1(C)C. The van der Waals surface area contributed by atoms with E-state index in [2.05, 4.69) is 31.4 Å². The van der Waals surface area contributed by atoms with Crippen molar-refractivity contribution in [3.63, 3.8) is 0 Å². The first-order valence-corrected chi connectivity index (χ1v) is 9.32. The van der Waals surface area contributed by atoms with Crippen molar-refractivity contribution in [2.45, 2.75) is 83.9 Å². The molecule has 0 aromatic carbocycles. The Balaban J connectivity index is 1.62. The highest BCUT2D eigenvalue weighted by Gasteiger charge is 2.58. The Labute approximate surface area is 135 Å². The zero-order valence-electron chi connectivity index (χ0n) is 14.5. The number of hydrogen-bond acceptors (Lipinski definition) is 2. The van der Waals surface area contributed by atoms with Gasteiger partial charge in [-0.15, -0.1) is 0 Å². The van der Waals surface area contributed by atoms with Crippen molar-refractivity contribution >= 4 is 5.96 Å². The van der Waals surface area contributed by atoms with Crippen LogP contribution in [0.2, 0.25) is 0 Å². The summed E-state index contributed by atoms with van der Waals surface area (Å²) in [5, 5.41) is 7.44. The molecule has 1 heterocycles. The molecule has 3 fully saturated rings. The molecule has 3 aliphatic rings. The van der Waals surface area contributed by atoms with Crippen LogP contribution in [0.5, 0.6) is 0 Å². The van der Waals surface area contributed by atoms with Gasteiger partial charge < -0.3 is 15.4 Å². The monoisotopic (exact) mass is 307 g/mol. The second-order valence-electron chi connectivity index (χ2n) is 7.84. The van der Waals surface area contributed by atoms with Gasteiger partial charge in [0.05, 0.1) is 6.10 Å². The fourth-order valence-corrected chi connectivity index (χ4v) is 4.69. The Kier molecular flexibility index (Phi) is 4.96. The van der Waals surface area contributed by atoms with Crippen molar-refractivity contribution in [1.29, 1.82) is 0 Å². The lowest BCUT2D eigenvalue weighted by Gasteiger charge is -2.60. The van der Waals surface area contributed by atoms with Crippen LogP contribution in [0.4, 0.5) is 0 Å². The van der Waals surface area contributed by atoms with Crippen LogP contribution in [0.25, 0.3) is 0 Å². The van der Waals surface area contributed by atoms with Crippen molar-refractivity contribution in [2.75, 3.05) is 13.2 Å². The maximum atomic E-state index is 6.01. The van der Waals surface area contributed by atoms with Crippen molar-refractivity contribution in [1.82, 2.24) is 10.6 Å². The minimum absolute atomic E-state index is 0.202. The molecule has 2 N–H and O–H groups in total. The third-order valence-corrected chi connectivity index (χ3v) is 5.89. The van der Waals surface area contributed by atoms with Gasteiger partial charge in [-0.1, -0.05) is 33.1 Å². The Morgan fingerprint density at radius 2 is 1.86 bits per heavy atom. The van der Waals surface area contributed by atoms with Gasteiger partial charge in [0.2, 0.25) is 0 Å². The van der Waals surface area contributed by atoms with Crippen molar-refractivity contribution in [3.05, 3.63) is 0 Å². The molecule has 3 atom stereocenters. The average Bonchev–Trinajstić information content (AvgIpc) is 2.53. The summed E-state index contributed by atoms with van der Waals surface area (Å²) < 4.78 is 6.01. The quantitative estimate of drug-likeness (QED) is 0.622. The molecule has 22 heavy (non-hydrogen) atoms. The highest BCUT2D eigenvalue weighted by atomic mass is 16.5. The van der Waals surface area contributed by atoms with Gasteiger partial charge in [0.1, 0.15) is 0 Å². The largest absolute Gasteiger partial charge is 0.377 e. The number of nitrogens with zero attached hydrogens (tertiary/aromatic N) is 1. The predicted molar refractivity (Wildman–Crippen MR) is 91.2 cm³/mol. The fraction of sp³-hybridized carbons (Fsp3) is 0.944. The number of hydrogen-bond donors (Lipinski definition) is 2. The van der Waals surface area contributed by atoms with E-state index in [9.17, 15) is 0 Å². The highest BCUT2D eigenvalue weighted by molar-refractivity contribution is 5.80. The molecule has 0 radical (unpaired) electrons. The second kappa shape index (κ2) is 6.77. The number of nitrogens with one attached hydrogen (secondary N) is 2. The van der Waals surface area contributed by atoms with Crippen LogP contribution in [-0.4, -0.2) is 37.3 Å². The lowest BCUT2D eigenvalue weighted by molar-refractivity contribution is -0.188. The maximum Gasteiger partial charge on any atom is 0.191 e. The molecule has 0 amide bonds. The lowest BCUT2D eigenvalue weighted by atomic mass is 9.55. The summed E-state index contributed by atoms with van der Waals surface area (Å²) in [5.74, 6) is 1.68. The third kappa shape index (κ3) is 3.12. The first-order chi connectivity index (χ1) is 10.6. The summed E-state index contributed by atoms with van der Waals surface area (Å²) in [5.41, 5.74) is 0.202. The minimum atomic E-state index is 0.202. The van der Waals surface area contributed by atoms with Crippen molar-refractivity contribution in [2.24, 2.45) is 16.3 Å². The van der Waals surface area contributed by atoms with E-state index in [1.807, 2.05) is 0 Å². The zero-order valence-corrected chi connectivity index (χ0v) is 14.5. The van der Waals surface area contributed by atoms with Gasteiger partial charge in [-0.3, -0.25) is 4.99 Å². The van der Waals surface area contributed by atoms with Crippen LogP contribution in [0.15, 0.2) is 4.99 Å². The van der Waals surface area contributed by atoms with Crippen LogP contribution in [0, 0.1) is 11.3 Å². The van der Waals surface area contributed by atoms with E-state index >= 15 is 0 Å². The standard InChI is InChI=1S/C18H33N3O/c1-4-19-17(20-13-9-6-5-7-10-13)21-15-14-11-8-12-22-16(14)18(15,2)3/h13-16H,4-12H2,1-3H3,(H2,19,20,21). The van der Waals surface area contributed by atoms with E-state index in [1.165, 1.54) is 44.9 Å². The maximum absolute atomic E-state index is 6.01. The van der Waals surface area contributed by atoms with Crippen LogP contribution in [-0.2, 0) is 4.74 Å². The summed E-state index contributed by atoms with van der Waals surface area (Å²) in [6.45, 7) is 8.55. The van der Waals surface area contributed by atoms with E-state index in [1.54, 1.807) is 0 Å². The molecule has 3 rings (SSSR count). The van der Waals surface area contributed by atoms with E-state index in [0.717, 1.165) is 19.1 Å². The van der Waals surface area contributed by atoms with Crippen LogP contribution < -0.4 is 10.6 Å². The molecule has 0 spiro atoms. The molecule has 1 saturated heterocycles. The predicted octanol–water partition coefficient (Wildman–Crippen LogP) is 3.08. The third-order valence-electron chi connectivity index (χ3n) is 5.89. The topological polar surface area (TPSA) is 45.7 Å². The van der Waals surface area contributed by atoms with Crippen LogP contribution in [0.3, 0.4) is 0 Å². The smallest absolute Gasteiger partial charge is 0.191 e. The Morgan fingerprint density at radius 1 is 1.09 bits per heavy atom. The van der Waals surface area contributed by atoms with E-state index in [-0.39, 0.29) is 5.41 Å². The Morgan fingerprint density at radius 3 is 2.59 bits per heavy atom. The fourth-order valence-electron chi connectivity index (χ4n) is 4.69. The number of fused-ring (bicyclic) bond motifs is 1. The number of aliphatic imine (C=N–C) groups is 1. The van der Waals surface area contributed by atoms with E-state index < -0.39 is 0 Å². The molecular formula is C18H33N3O. The van der Waals surface area contributed by atoms with Gasteiger partial charge in [-0.2, -0.15) is 0 Å². The first kappa shape index (κ1) is 16.1. The molecule has 2 aliphatic carbocycles. The molecule has 4 heteroatoms. The normalized spacial score (nSPS) is 35.4. The van der Waals surface area contributed by atoms with Crippen LogP contribution in [0.1, 0.15) is 65.7 Å². The van der Waals surface area contributed by atoms with Gasteiger partial charge in [0.25, 0.3) is 0 Å². The molecule has 2 saturated carbocycles. The molecule has 1 aliphatic heterocycles. The van der Waals surface area contributed by atoms with Gasteiger partial charge in [0.15, 0.2) is 5.96 Å². The molecule has 126 valence electrons. The zero-order chi connectivity index (χ0) is 15.6. The molecule has 3 unspecified atom stereocenters. The minimum Gasteiger partial charge on any atom is -0.377 e. The van der Waals surface area contributed by atoms with E-state index in [4.69, 9.17) is 9.73 Å². The average molecular weight is 307 g/mol. The Hall–Kier alpha value is -0.770. The van der Waals surface area contributed by atoms with Crippen LogP contribution >= 0.6 is 0 Å². The number of ether oxygens (including phenoxy) is 1. The molecule has 0 bridgehead atoms. The van der Waals surface area contributed by atoms with Crippen molar-refractivity contribution in [3.8, 4) is 0 Å². The summed E-state index contributed by atoms with van der Waals surface area (Å²) in [6, 6.07) is 1.09. The Bertz CT molecular complexity index is 401. The van der Waals surface area contributed by atoms with Gasteiger partial charge in [0, 0.05) is 36.6 Å². The second-order valence-corrected chi connectivity index (χ2v) is 7.84. The summed E-state index contributed by atoms with van der Waals surface area (Å²) in [6.07, 6.45) is 9.58. The summed E-state index contributed by atoms with van der Waals surface area (Å²) in [7, 11) is 0. The molecule has 0 aromatic heterocycles.